The third kappa shape index (κ3) is 6.46. The van der Waals surface area contributed by atoms with E-state index >= 15 is 0 Å². The molecule has 11 heteroatoms. The van der Waals surface area contributed by atoms with Gasteiger partial charge in [-0.3, -0.25) is 9.59 Å². The van der Waals surface area contributed by atoms with Crippen molar-refractivity contribution >= 4 is 34.2 Å². The summed E-state index contributed by atoms with van der Waals surface area (Å²) in [5.74, 6) is -3.11. The van der Waals surface area contributed by atoms with Crippen LogP contribution in [0.25, 0.3) is 0 Å². The van der Waals surface area contributed by atoms with Gasteiger partial charge in [0, 0.05) is 12.1 Å². The standard InChI is InChI=1S/C20H20N2O8S/c1-12-2-7-16(9-17(12)20(27)28)31(29,30)21-10-13-3-5-14(6-4-13)19(26)22-15(11-23)8-18(24)25/h2-7,9,11,15,21H,8,10H2,1H3,(H,22,26)(H,24,25)(H,27,28)/t15-/m0/s1. The molecule has 2 aromatic carbocycles. The minimum atomic E-state index is -3.98. The van der Waals surface area contributed by atoms with E-state index in [0.29, 0.717) is 17.4 Å². The molecule has 0 saturated heterocycles. The largest absolute Gasteiger partial charge is 0.481 e. The van der Waals surface area contributed by atoms with Crippen LogP contribution in [0, 0.1) is 6.92 Å². The summed E-state index contributed by atoms with van der Waals surface area (Å²) in [4.78, 5) is 44.6. The van der Waals surface area contributed by atoms with Crippen molar-refractivity contribution in [3.05, 3.63) is 64.7 Å². The Morgan fingerprint density at radius 1 is 1.06 bits per heavy atom. The van der Waals surface area contributed by atoms with Crippen LogP contribution in [0.4, 0.5) is 0 Å². The van der Waals surface area contributed by atoms with Gasteiger partial charge in [0.2, 0.25) is 10.0 Å². The van der Waals surface area contributed by atoms with Crippen molar-refractivity contribution in [2.75, 3.05) is 0 Å². The Labute approximate surface area is 178 Å². The normalized spacial score (nSPS) is 12.0. The van der Waals surface area contributed by atoms with Gasteiger partial charge in [0.05, 0.1) is 22.9 Å². The molecule has 0 heterocycles. The molecule has 0 aliphatic heterocycles. The van der Waals surface area contributed by atoms with Crippen LogP contribution < -0.4 is 10.0 Å². The zero-order valence-electron chi connectivity index (χ0n) is 16.4. The number of sulfonamides is 1. The average Bonchev–Trinajstić information content (AvgIpc) is 2.71. The highest BCUT2D eigenvalue weighted by atomic mass is 32.2. The number of amides is 1. The molecule has 0 fully saturated rings. The Balaban J connectivity index is 2.05. The summed E-state index contributed by atoms with van der Waals surface area (Å²) in [5.41, 5.74) is 0.993. The average molecular weight is 448 g/mol. The first kappa shape index (κ1) is 23.7. The molecular formula is C20H20N2O8S. The number of carboxylic acids is 2. The lowest BCUT2D eigenvalue weighted by atomic mass is 10.1. The van der Waals surface area contributed by atoms with Crippen LogP contribution in [0.2, 0.25) is 0 Å². The lowest BCUT2D eigenvalue weighted by molar-refractivity contribution is -0.138. The Morgan fingerprint density at radius 2 is 1.71 bits per heavy atom. The highest BCUT2D eigenvalue weighted by Crippen LogP contribution is 2.16. The fourth-order valence-corrected chi connectivity index (χ4v) is 3.65. The number of carbonyl (C=O) groups is 4. The van der Waals surface area contributed by atoms with Gasteiger partial charge >= 0.3 is 11.9 Å². The van der Waals surface area contributed by atoms with Crippen LogP contribution in [-0.4, -0.2) is 48.8 Å². The van der Waals surface area contributed by atoms with Gasteiger partial charge in [-0.15, -0.1) is 0 Å². The molecule has 0 aliphatic rings. The number of carboxylic acid groups (broad SMARTS) is 2. The Hall–Kier alpha value is -3.57. The predicted molar refractivity (Wildman–Crippen MR) is 108 cm³/mol. The number of aliphatic carboxylic acids is 1. The molecule has 0 radical (unpaired) electrons. The quantitative estimate of drug-likeness (QED) is 0.390. The van der Waals surface area contributed by atoms with Gasteiger partial charge in [0.25, 0.3) is 5.91 Å². The summed E-state index contributed by atoms with van der Waals surface area (Å²) in [7, 11) is -3.98. The first-order valence-electron chi connectivity index (χ1n) is 8.94. The summed E-state index contributed by atoms with van der Waals surface area (Å²) in [6, 6.07) is 8.40. The molecule has 0 saturated carbocycles. The molecule has 1 amide bonds. The first-order chi connectivity index (χ1) is 14.5. The van der Waals surface area contributed by atoms with Gasteiger partial charge < -0.3 is 20.3 Å². The lowest BCUT2D eigenvalue weighted by Crippen LogP contribution is -2.37. The summed E-state index contributed by atoms with van der Waals surface area (Å²) in [5, 5.41) is 20.1. The fraction of sp³-hybridized carbons (Fsp3) is 0.200. The zero-order valence-corrected chi connectivity index (χ0v) is 17.2. The van der Waals surface area contributed by atoms with Crippen LogP contribution in [0.5, 0.6) is 0 Å². The highest BCUT2D eigenvalue weighted by Gasteiger charge is 2.18. The zero-order chi connectivity index (χ0) is 23.2. The summed E-state index contributed by atoms with van der Waals surface area (Å²) < 4.78 is 27.3. The van der Waals surface area contributed by atoms with Crippen molar-refractivity contribution in [3.63, 3.8) is 0 Å². The van der Waals surface area contributed by atoms with E-state index in [1.165, 1.54) is 36.4 Å². The summed E-state index contributed by atoms with van der Waals surface area (Å²) >= 11 is 0. The molecule has 2 rings (SSSR count). The van der Waals surface area contributed by atoms with Crippen LogP contribution in [0.3, 0.4) is 0 Å². The van der Waals surface area contributed by atoms with Crippen molar-refractivity contribution in [2.24, 2.45) is 0 Å². The van der Waals surface area contributed by atoms with Crippen molar-refractivity contribution in [3.8, 4) is 0 Å². The van der Waals surface area contributed by atoms with E-state index in [0.717, 1.165) is 6.07 Å². The van der Waals surface area contributed by atoms with Crippen LogP contribution >= 0.6 is 0 Å². The number of carbonyl (C=O) groups excluding carboxylic acids is 2. The van der Waals surface area contributed by atoms with Crippen molar-refractivity contribution in [1.82, 2.24) is 10.0 Å². The van der Waals surface area contributed by atoms with Crippen molar-refractivity contribution in [2.45, 2.75) is 30.8 Å². The van der Waals surface area contributed by atoms with Crippen LogP contribution in [0.15, 0.2) is 47.4 Å². The number of rotatable bonds is 10. The maximum Gasteiger partial charge on any atom is 0.335 e. The molecule has 10 nitrogen and oxygen atoms in total. The highest BCUT2D eigenvalue weighted by molar-refractivity contribution is 7.89. The number of aryl methyl sites for hydroxylation is 1. The third-order valence-electron chi connectivity index (χ3n) is 4.31. The first-order valence-corrected chi connectivity index (χ1v) is 10.4. The fourth-order valence-electron chi connectivity index (χ4n) is 2.61. The van der Waals surface area contributed by atoms with Gasteiger partial charge in [0.15, 0.2) is 0 Å². The Morgan fingerprint density at radius 3 is 2.26 bits per heavy atom. The van der Waals surface area contributed by atoms with Gasteiger partial charge in [-0.1, -0.05) is 18.2 Å². The van der Waals surface area contributed by atoms with E-state index in [9.17, 15) is 27.6 Å². The van der Waals surface area contributed by atoms with E-state index in [-0.39, 0.29) is 22.6 Å². The molecule has 0 bridgehead atoms. The van der Waals surface area contributed by atoms with E-state index in [1.807, 2.05) is 0 Å². The van der Waals surface area contributed by atoms with Gasteiger partial charge in [-0.25, -0.2) is 17.9 Å². The van der Waals surface area contributed by atoms with Crippen molar-refractivity contribution < 1.29 is 37.8 Å². The molecule has 0 aromatic heterocycles. The van der Waals surface area contributed by atoms with Gasteiger partial charge in [0.1, 0.15) is 6.29 Å². The second kappa shape index (κ2) is 9.96. The van der Waals surface area contributed by atoms with Gasteiger partial charge in [-0.2, -0.15) is 0 Å². The predicted octanol–water partition coefficient (Wildman–Crippen LogP) is 0.944. The Kier molecular flexibility index (Phi) is 7.61. The lowest BCUT2D eigenvalue weighted by Gasteiger charge is -2.11. The summed E-state index contributed by atoms with van der Waals surface area (Å²) in [6.45, 7) is 1.44. The topological polar surface area (TPSA) is 167 Å². The molecule has 1 atom stereocenters. The maximum atomic E-state index is 12.5. The number of nitrogens with one attached hydrogen (secondary N) is 2. The van der Waals surface area contributed by atoms with Crippen LogP contribution in [0.1, 0.15) is 38.3 Å². The monoisotopic (exact) mass is 448 g/mol. The van der Waals surface area contributed by atoms with E-state index in [4.69, 9.17) is 10.2 Å². The number of aromatic carboxylic acids is 1. The molecule has 164 valence electrons. The number of hydrogen-bond acceptors (Lipinski definition) is 6. The molecule has 0 spiro atoms. The smallest absolute Gasteiger partial charge is 0.335 e. The second-order valence-corrected chi connectivity index (χ2v) is 8.38. The third-order valence-corrected chi connectivity index (χ3v) is 5.71. The molecule has 31 heavy (non-hydrogen) atoms. The number of hydrogen-bond donors (Lipinski definition) is 4. The molecule has 0 aliphatic carbocycles. The number of aldehydes is 1. The maximum absolute atomic E-state index is 12.5. The minimum absolute atomic E-state index is 0.115. The minimum Gasteiger partial charge on any atom is -0.481 e. The molecule has 4 N–H and O–H groups in total. The van der Waals surface area contributed by atoms with E-state index in [1.54, 1.807) is 6.92 Å². The SMILES string of the molecule is Cc1ccc(S(=O)(=O)NCc2ccc(C(=O)N[C@H](C=O)CC(=O)O)cc2)cc1C(=O)O. The van der Waals surface area contributed by atoms with E-state index < -0.39 is 40.3 Å². The number of benzene rings is 2. The van der Waals surface area contributed by atoms with Crippen LogP contribution in [-0.2, 0) is 26.2 Å². The second-order valence-electron chi connectivity index (χ2n) is 6.62. The Bertz CT molecular complexity index is 1110. The molecule has 0 unspecified atom stereocenters. The molecule has 2 aromatic rings. The van der Waals surface area contributed by atoms with E-state index in [2.05, 4.69) is 10.0 Å². The van der Waals surface area contributed by atoms with Crippen molar-refractivity contribution in [1.29, 1.82) is 0 Å². The molecular weight excluding hydrogens is 428 g/mol. The summed E-state index contributed by atoms with van der Waals surface area (Å²) in [6.07, 6.45) is -0.215. The van der Waals surface area contributed by atoms with Gasteiger partial charge in [-0.05, 0) is 42.3 Å².